The van der Waals surface area contributed by atoms with Gasteiger partial charge in [-0.25, -0.2) is 4.39 Å². The van der Waals surface area contributed by atoms with Gasteiger partial charge in [0.1, 0.15) is 11.6 Å². The van der Waals surface area contributed by atoms with Crippen molar-refractivity contribution < 1.29 is 9.13 Å². The molecule has 2 aromatic rings. The summed E-state index contributed by atoms with van der Waals surface area (Å²) < 4.78 is 18.8. The number of methoxy groups -OCH3 is 1. The van der Waals surface area contributed by atoms with Gasteiger partial charge in [0.25, 0.3) is 0 Å². The Kier molecular flexibility index (Phi) is 8.12. The number of hydrogen-bond acceptors (Lipinski definition) is 2. The van der Waals surface area contributed by atoms with Crippen molar-refractivity contribution in [3.8, 4) is 5.75 Å². The van der Waals surface area contributed by atoms with Crippen LogP contribution in [0.25, 0.3) is 0 Å². The first kappa shape index (κ1) is 21.7. The molecule has 1 aliphatic carbocycles. The van der Waals surface area contributed by atoms with Crippen LogP contribution in [0.15, 0.2) is 42.5 Å². The van der Waals surface area contributed by atoms with E-state index < -0.39 is 0 Å². The molecular formula is C23H31ClFNO. The summed E-state index contributed by atoms with van der Waals surface area (Å²) in [4.78, 5) is 2.47. The van der Waals surface area contributed by atoms with Crippen LogP contribution in [0.4, 0.5) is 4.39 Å². The monoisotopic (exact) mass is 391 g/mol. The van der Waals surface area contributed by atoms with Gasteiger partial charge < -0.3 is 9.64 Å². The van der Waals surface area contributed by atoms with E-state index in [9.17, 15) is 4.39 Å². The van der Waals surface area contributed by atoms with Gasteiger partial charge in [0.05, 0.1) is 7.11 Å². The molecule has 2 nitrogen and oxygen atoms in total. The van der Waals surface area contributed by atoms with E-state index in [1.54, 1.807) is 19.2 Å². The maximum absolute atomic E-state index is 13.4. The third-order valence-electron chi connectivity index (χ3n) is 5.80. The minimum atomic E-state index is -0.146. The van der Waals surface area contributed by atoms with Gasteiger partial charge in [-0.15, -0.1) is 12.4 Å². The highest BCUT2D eigenvalue weighted by molar-refractivity contribution is 5.85. The molecule has 2 atom stereocenters. The number of nitrogens with zero attached hydrogens (tertiary/aromatic N) is 1. The number of hydrogen-bond donors (Lipinski definition) is 0. The standard InChI is InChI=1S/C23H30FNO.ClH/c1-4-23(25(2)14-13-17-7-5-9-19(24)15-17)22-10-6-8-18-16-20(26-3)11-12-21(18)22;/h5,7,9,11-12,15-16,22-23H,4,6,8,10,13-14H2,1-3H3;1H. The summed E-state index contributed by atoms with van der Waals surface area (Å²) in [5.74, 6) is 1.37. The molecule has 1 aliphatic rings. The van der Waals surface area contributed by atoms with Crippen molar-refractivity contribution in [1.29, 1.82) is 0 Å². The third kappa shape index (κ3) is 5.24. The summed E-state index contributed by atoms with van der Waals surface area (Å²) >= 11 is 0. The number of likely N-dealkylation sites (N-methyl/N-ethyl adjacent to an activating group) is 1. The van der Waals surface area contributed by atoms with E-state index in [1.165, 1.54) is 30.0 Å². The zero-order valence-electron chi connectivity index (χ0n) is 16.6. The second kappa shape index (κ2) is 10.1. The summed E-state index contributed by atoms with van der Waals surface area (Å²) in [6.45, 7) is 3.23. The molecule has 27 heavy (non-hydrogen) atoms. The van der Waals surface area contributed by atoms with Crippen LogP contribution in [0.5, 0.6) is 5.75 Å². The molecule has 0 amide bonds. The molecule has 0 fully saturated rings. The molecule has 0 aromatic heterocycles. The van der Waals surface area contributed by atoms with Crippen molar-refractivity contribution in [2.75, 3.05) is 20.7 Å². The topological polar surface area (TPSA) is 12.5 Å². The first-order chi connectivity index (χ1) is 12.6. The van der Waals surface area contributed by atoms with Gasteiger partial charge in [-0.3, -0.25) is 0 Å². The van der Waals surface area contributed by atoms with Crippen molar-refractivity contribution >= 4 is 12.4 Å². The van der Waals surface area contributed by atoms with Crippen molar-refractivity contribution in [3.05, 3.63) is 65.0 Å². The van der Waals surface area contributed by atoms with E-state index in [2.05, 4.69) is 37.1 Å². The molecule has 0 heterocycles. The summed E-state index contributed by atoms with van der Waals surface area (Å²) in [6.07, 6.45) is 5.62. The molecule has 3 rings (SSSR count). The number of aryl methyl sites for hydroxylation is 1. The Balaban J connectivity index is 0.00000261. The maximum atomic E-state index is 13.4. The number of benzene rings is 2. The van der Waals surface area contributed by atoms with E-state index in [4.69, 9.17) is 4.74 Å². The van der Waals surface area contributed by atoms with E-state index in [0.29, 0.717) is 12.0 Å². The number of ether oxygens (including phenoxy) is 1. The van der Waals surface area contributed by atoms with Gasteiger partial charge in [0, 0.05) is 12.6 Å². The average Bonchev–Trinajstić information content (AvgIpc) is 2.66. The normalized spacial score (nSPS) is 17.1. The highest BCUT2D eigenvalue weighted by Gasteiger charge is 2.29. The van der Waals surface area contributed by atoms with Gasteiger partial charge in [-0.1, -0.05) is 25.1 Å². The zero-order valence-corrected chi connectivity index (χ0v) is 17.4. The molecule has 0 radical (unpaired) electrons. The quantitative estimate of drug-likeness (QED) is 0.606. The molecule has 2 unspecified atom stereocenters. The van der Waals surface area contributed by atoms with E-state index in [1.807, 2.05) is 6.07 Å². The van der Waals surface area contributed by atoms with E-state index in [0.717, 1.165) is 37.1 Å². The fourth-order valence-corrected chi connectivity index (χ4v) is 4.42. The van der Waals surface area contributed by atoms with Crippen LogP contribution >= 0.6 is 12.4 Å². The molecule has 0 aliphatic heterocycles. The molecule has 2 aromatic carbocycles. The molecule has 4 heteroatoms. The van der Waals surface area contributed by atoms with E-state index in [-0.39, 0.29) is 18.2 Å². The van der Waals surface area contributed by atoms with Crippen LogP contribution < -0.4 is 4.74 Å². The highest BCUT2D eigenvalue weighted by Crippen LogP contribution is 2.38. The minimum Gasteiger partial charge on any atom is -0.497 e. The van der Waals surface area contributed by atoms with Gasteiger partial charge in [0.15, 0.2) is 0 Å². The van der Waals surface area contributed by atoms with Crippen LogP contribution in [-0.4, -0.2) is 31.6 Å². The van der Waals surface area contributed by atoms with Gasteiger partial charge in [-0.05, 0) is 86.0 Å². The zero-order chi connectivity index (χ0) is 18.5. The molecule has 0 bridgehead atoms. The Bertz CT molecular complexity index is 736. The predicted molar refractivity (Wildman–Crippen MR) is 113 cm³/mol. The lowest BCUT2D eigenvalue weighted by atomic mass is 9.77. The van der Waals surface area contributed by atoms with Crippen LogP contribution in [0.3, 0.4) is 0 Å². The summed E-state index contributed by atoms with van der Waals surface area (Å²) in [6, 6.07) is 14.0. The molecule has 148 valence electrons. The fourth-order valence-electron chi connectivity index (χ4n) is 4.42. The Morgan fingerprint density at radius 2 is 2.04 bits per heavy atom. The molecule has 0 spiro atoms. The first-order valence-electron chi connectivity index (χ1n) is 9.74. The van der Waals surface area contributed by atoms with Crippen LogP contribution in [-0.2, 0) is 12.8 Å². The highest BCUT2D eigenvalue weighted by atomic mass is 35.5. The molecule has 0 saturated heterocycles. The van der Waals surface area contributed by atoms with Gasteiger partial charge in [-0.2, -0.15) is 0 Å². The van der Waals surface area contributed by atoms with Gasteiger partial charge in [0.2, 0.25) is 0 Å². The summed E-state index contributed by atoms with van der Waals surface area (Å²) in [7, 11) is 3.95. The Morgan fingerprint density at radius 3 is 2.74 bits per heavy atom. The maximum Gasteiger partial charge on any atom is 0.123 e. The number of rotatable bonds is 7. The first-order valence-corrected chi connectivity index (χ1v) is 9.74. The van der Waals surface area contributed by atoms with Crippen molar-refractivity contribution in [3.63, 3.8) is 0 Å². The second-order valence-electron chi connectivity index (χ2n) is 7.40. The van der Waals surface area contributed by atoms with Gasteiger partial charge >= 0.3 is 0 Å². The van der Waals surface area contributed by atoms with Crippen LogP contribution in [0, 0.1) is 5.82 Å². The lowest BCUT2D eigenvalue weighted by Crippen LogP contribution is -2.39. The number of halogens is 2. The van der Waals surface area contributed by atoms with Crippen LogP contribution in [0.1, 0.15) is 48.8 Å². The third-order valence-corrected chi connectivity index (χ3v) is 5.80. The largest absolute Gasteiger partial charge is 0.497 e. The Labute approximate surface area is 169 Å². The summed E-state index contributed by atoms with van der Waals surface area (Å²) in [5.41, 5.74) is 4.00. The molecular weight excluding hydrogens is 361 g/mol. The lowest BCUT2D eigenvalue weighted by molar-refractivity contribution is 0.195. The van der Waals surface area contributed by atoms with E-state index >= 15 is 0 Å². The lowest BCUT2D eigenvalue weighted by Gasteiger charge is -2.37. The average molecular weight is 392 g/mol. The smallest absolute Gasteiger partial charge is 0.123 e. The molecule has 0 N–H and O–H groups in total. The van der Waals surface area contributed by atoms with Crippen molar-refractivity contribution in [2.45, 2.75) is 51.0 Å². The molecule has 0 saturated carbocycles. The van der Waals surface area contributed by atoms with Crippen molar-refractivity contribution in [1.82, 2.24) is 4.90 Å². The minimum absolute atomic E-state index is 0. The summed E-state index contributed by atoms with van der Waals surface area (Å²) in [5, 5.41) is 0. The number of fused-ring (bicyclic) bond motifs is 1. The Hall–Kier alpha value is -1.58. The predicted octanol–water partition coefficient (Wildman–Crippen LogP) is 5.63. The van der Waals surface area contributed by atoms with Crippen molar-refractivity contribution in [2.24, 2.45) is 0 Å². The fraction of sp³-hybridized carbons (Fsp3) is 0.478. The SMILES string of the molecule is CCC(C1CCCc2cc(OC)ccc21)N(C)CCc1cccc(F)c1.Cl. The van der Waals surface area contributed by atoms with Crippen LogP contribution in [0.2, 0.25) is 0 Å². The Morgan fingerprint density at radius 1 is 1.22 bits per heavy atom. The second-order valence-corrected chi connectivity index (χ2v) is 7.40.